The molecule has 1 atom stereocenters. The lowest BCUT2D eigenvalue weighted by molar-refractivity contribution is 0.619. The summed E-state index contributed by atoms with van der Waals surface area (Å²) in [5.74, 6) is 0. The predicted molar refractivity (Wildman–Crippen MR) is 68.2 cm³/mol. The van der Waals surface area contributed by atoms with Gasteiger partial charge in [-0.25, -0.2) is 4.68 Å². The second kappa shape index (κ2) is 5.29. The molecule has 17 heavy (non-hydrogen) atoms. The Hall–Kier alpha value is -1.39. The highest BCUT2D eigenvalue weighted by Crippen LogP contribution is 2.17. The molecule has 1 heterocycles. The zero-order valence-electron chi connectivity index (χ0n) is 9.68. The molecule has 0 amide bonds. The van der Waals surface area contributed by atoms with Gasteiger partial charge in [-0.05, 0) is 24.6 Å². The number of halogens is 1. The van der Waals surface area contributed by atoms with Crippen molar-refractivity contribution in [2.75, 3.05) is 0 Å². The molecule has 1 aromatic heterocycles. The first-order valence-electron chi connectivity index (χ1n) is 5.64. The molecule has 0 spiro atoms. The number of hydrogen-bond donors (Lipinski definition) is 1. The molecular formula is C12H15ClN4. The third-order valence-electron chi connectivity index (χ3n) is 2.56. The van der Waals surface area contributed by atoms with Crippen LogP contribution in [0.3, 0.4) is 0 Å². The smallest absolute Gasteiger partial charge is 0.0998 e. The Kier molecular flexibility index (Phi) is 3.76. The number of benzene rings is 1. The summed E-state index contributed by atoms with van der Waals surface area (Å²) < 4.78 is 1.69. The van der Waals surface area contributed by atoms with Gasteiger partial charge in [-0.2, -0.15) is 0 Å². The van der Waals surface area contributed by atoms with Crippen LogP contribution in [0.2, 0.25) is 5.02 Å². The Morgan fingerprint density at radius 2 is 2.29 bits per heavy atom. The van der Waals surface area contributed by atoms with Crippen LogP contribution in [0.5, 0.6) is 0 Å². The van der Waals surface area contributed by atoms with Crippen LogP contribution in [-0.2, 0) is 0 Å². The van der Waals surface area contributed by atoms with E-state index in [1.54, 1.807) is 4.68 Å². The van der Waals surface area contributed by atoms with E-state index in [0.29, 0.717) is 5.02 Å². The first-order valence-corrected chi connectivity index (χ1v) is 6.02. The predicted octanol–water partition coefficient (Wildman–Crippen LogP) is 2.72. The molecule has 0 saturated carbocycles. The van der Waals surface area contributed by atoms with Crippen LogP contribution in [0.4, 0.5) is 0 Å². The number of rotatable bonds is 4. The van der Waals surface area contributed by atoms with Gasteiger partial charge in [0.2, 0.25) is 0 Å². The summed E-state index contributed by atoms with van der Waals surface area (Å²) in [5, 5.41) is 8.82. The van der Waals surface area contributed by atoms with Crippen molar-refractivity contribution in [3.8, 4) is 5.69 Å². The van der Waals surface area contributed by atoms with Gasteiger partial charge in [0.15, 0.2) is 0 Å². The molecule has 1 aromatic carbocycles. The van der Waals surface area contributed by atoms with Gasteiger partial charge in [0, 0.05) is 5.02 Å². The summed E-state index contributed by atoms with van der Waals surface area (Å²) >= 11 is 5.93. The lowest BCUT2D eigenvalue weighted by Crippen LogP contribution is -2.09. The van der Waals surface area contributed by atoms with E-state index >= 15 is 0 Å². The maximum Gasteiger partial charge on any atom is 0.0998 e. The summed E-state index contributed by atoms with van der Waals surface area (Å²) in [7, 11) is 0. The van der Waals surface area contributed by atoms with Crippen LogP contribution >= 0.6 is 11.6 Å². The largest absolute Gasteiger partial charge is 0.323 e. The van der Waals surface area contributed by atoms with Crippen molar-refractivity contribution in [1.29, 1.82) is 0 Å². The van der Waals surface area contributed by atoms with Crippen molar-refractivity contribution in [1.82, 2.24) is 15.0 Å². The van der Waals surface area contributed by atoms with E-state index in [4.69, 9.17) is 17.3 Å². The van der Waals surface area contributed by atoms with E-state index in [-0.39, 0.29) is 6.04 Å². The van der Waals surface area contributed by atoms with E-state index in [9.17, 15) is 0 Å². The van der Waals surface area contributed by atoms with Gasteiger partial charge in [0.1, 0.15) is 0 Å². The van der Waals surface area contributed by atoms with Gasteiger partial charge in [-0.3, -0.25) is 0 Å². The fraction of sp³-hybridized carbons (Fsp3) is 0.333. The van der Waals surface area contributed by atoms with Crippen molar-refractivity contribution >= 4 is 11.6 Å². The van der Waals surface area contributed by atoms with Gasteiger partial charge in [0.25, 0.3) is 0 Å². The molecule has 0 aliphatic heterocycles. The lowest BCUT2D eigenvalue weighted by atomic mass is 10.1. The van der Waals surface area contributed by atoms with Crippen LogP contribution in [0.25, 0.3) is 5.69 Å². The van der Waals surface area contributed by atoms with E-state index in [1.807, 2.05) is 30.5 Å². The zero-order valence-corrected chi connectivity index (χ0v) is 10.4. The number of nitrogens with two attached hydrogens (primary N) is 1. The van der Waals surface area contributed by atoms with Crippen LogP contribution in [-0.4, -0.2) is 15.0 Å². The molecule has 0 aliphatic carbocycles. The fourth-order valence-electron chi connectivity index (χ4n) is 1.65. The van der Waals surface area contributed by atoms with Gasteiger partial charge in [-0.15, -0.1) is 5.10 Å². The first kappa shape index (κ1) is 12.1. The molecular weight excluding hydrogens is 236 g/mol. The highest BCUT2D eigenvalue weighted by atomic mass is 35.5. The van der Waals surface area contributed by atoms with E-state index in [0.717, 1.165) is 24.2 Å². The first-order chi connectivity index (χ1) is 8.20. The molecule has 1 unspecified atom stereocenters. The molecule has 0 aliphatic rings. The lowest BCUT2D eigenvalue weighted by Gasteiger charge is -2.04. The van der Waals surface area contributed by atoms with E-state index < -0.39 is 0 Å². The maximum absolute atomic E-state index is 5.98. The average Bonchev–Trinajstić information content (AvgIpc) is 2.78. The monoisotopic (exact) mass is 250 g/mol. The number of hydrogen-bond acceptors (Lipinski definition) is 3. The fourth-order valence-corrected chi connectivity index (χ4v) is 1.83. The van der Waals surface area contributed by atoms with Crippen molar-refractivity contribution in [3.63, 3.8) is 0 Å². The summed E-state index contributed by atoms with van der Waals surface area (Å²) in [4.78, 5) is 0. The van der Waals surface area contributed by atoms with Crippen LogP contribution < -0.4 is 5.73 Å². The van der Waals surface area contributed by atoms with E-state index in [2.05, 4.69) is 17.2 Å². The van der Waals surface area contributed by atoms with Gasteiger partial charge in [-0.1, -0.05) is 36.2 Å². The Morgan fingerprint density at radius 3 is 3.00 bits per heavy atom. The molecule has 4 nitrogen and oxygen atoms in total. The minimum absolute atomic E-state index is 0.0482. The molecule has 2 N–H and O–H groups in total. The quantitative estimate of drug-likeness (QED) is 0.908. The number of aromatic nitrogens is 3. The Labute approximate surface area is 105 Å². The van der Waals surface area contributed by atoms with Crippen LogP contribution in [0.1, 0.15) is 31.5 Å². The van der Waals surface area contributed by atoms with Crippen molar-refractivity contribution in [2.45, 2.75) is 25.8 Å². The summed E-state index contributed by atoms with van der Waals surface area (Å²) in [6, 6.07) is 7.42. The topological polar surface area (TPSA) is 56.7 Å². The molecule has 90 valence electrons. The Balaban J connectivity index is 2.23. The minimum atomic E-state index is -0.0482. The second-order valence-corrected chi connectivity index (χ2v) is 4.40. The normalized spacial score (nSPS) is 12.6. The Bertz CT molecular complexity index is 495. The highest BCUT2D eigenvalue weighted by molar-refractivity contribution is 6.30. The molecule has 0 fully saturated rings. The molecule has 0 radical (unpaired) electrons. The molecule has 5 heteroatoms. The summed E-state index contributed by atoms with van der Waals surface area (Å²) in [6.45, 7) is 2.10. The van der Waals surface area contributed by atoms with Crippen LogP contribution in [0.15, 0.2) is 30.5 Å². The standard InChI is InChI=1S/C12H15ClN4/c1-2-4-11(14)12-8-17(16-15-12)10-6-3-5-9(13)7-10/h3,5-8,11H,2,4,14H2,1H3. The SMILES string of the molecule is CCCC(N)c1cn(-c2cccc(Cl)c2)nn1. The van der Waals surface area contributed by atoms with Crippen molar-refractivity contribution in [3.05, 3.63) is 41.2 Å². The Morgan fingerprint density at radius 1 is 1.47 bits per heavy atom. The van der Waals surface area contributed by atoms with Crippen molar-refractivity contribution < 1.29 is 0 Å². The minimum Gasteiger partial charge on any atom is -0.323 e. The summed E-state index contributed by atoms with van der Waals surface area (Å²) in [6.07, 6.45) is 3.80. The second-order valence-electron chi connectivity index (χ2n) is 3.96. The van der Waals surface area contributed by atoms with Crippen molar-refractivity contribution in [2.24, 2.45) is 5.73 Å². The van der Waals surface area contributed by atoms with Crippen LogP contribution in [0, 0.1) is 0 Å². The van der Waals surface area contributed by atoms with E-state index in [1.165, 1.54) is 0 Å². The molecule has 2 aromatic rings. The molecule has 0 saturated heterocycles. The van der Waals surface area contributed by atoms with Gasteiger partial charge in [0.05, 0.1) is 23.6 Å². The molecule has 0 bridgehead atoms. The van der Waals surface area contributed by atoms with Gasteiger partial charge < -0.3 is 5.73 Å². The third kappa shape index (κ3) is 2.84. The molecule has 2 rings (SSSR count). The number of nitrogens with zero attached hydrogens (tertiary/aromatic N) is 3. The third-order valence-corrected chi connectivity index (χ3v) is 2.80. The maximum atomic E-state index is 5.98. The zero-order chi connectivity index (χ0) is 12.3. The highest BCUT2D eigenvalue weighted by Gasteiger charge is 2.10. The average molecular weight is 251 g/mol. The summed E-state index contributed by atoms with van der Waals surface area (Å²) in [5.41, 5.74) is 7.69. The van der Waals surface area contributed by atoms with Gasteiger partial charge >= 0.3 is 0 Å².